The van der Waals surface area contributed by atoms with E-state index >= 15 is 0 Å². The third kappa shape index (κ3) is 8.86. The Morgan fingerprint density at radius 1 is 1.25 bits per heavy atom. The Hall–Kier alpha value is 2.89. The van der Waals surface area contributed by atoms with Crippen LogP contribution in [0.25, 0.3) is 0 Å². The van der Waals surface area contributed by atoms with E-state index in [9.17, 15) is 0 Å². The van der Waals surface area contributed by atoms with Gasteiger partial charge in [0.1, 0.15) is 0 Å². The minimum atomic E-state index is 0. The van der Waals surface area contributed by atoms with Gasteiger partial charge in [0.15, 0.2) is 17.4 Å². The van der Waals surface area contributed by atoms with E-state index in [0.717, 1.165) is 0 Å². The van der Waals surface area contributed by atoms with Gasteiger partial charge in [0.2, 0.25) is 0 Å². The van der Waals surface area contributed by atoms with Gasteiger partial charge in [0.25, 0.3) is 0 Å². The van der Waals surface area contributed by atoms with Crippen molar-refractivity contribution < 1.29 is 44.6 Å². The fourth-order valence-electron chi connectivity index (χ4n) is 0. The molecule has 4 heavy (non-hydrogen) atoms. The summed E-state index contributed by atoms with van der Waals surface area (Å²) in [5, 5.41) is 0. The summed E-state index contributed by atoms with van der Waals surface area (Å²) in [7, 11) is 0. The minimum absolute atomic E-state index is 0. The Morgan fingerprint density at radius 2 is 1.25 bits per heavy atom. The zero-order valence-corrected chi connectivity index (χ0v) is 5.76. The monoisotopic (exact) mass is 228 g/mol. The Labute approximate surface area is 94.1 Å². The molecule has 0 aliphatic rings. The summed E-state index contributed by atoms with van der Waals surface area (Å²) >= 11 is 0. The van der Waals surface area contributed by atoms with E-state index < -0.39 is 0 Å². The summed E-state index contributed by atoms with van der Waals surface area (Å²) in [6.07, 6.45) is 0. The predicted octanol–water partition coefficient (Wildman–Crippen LogP) is -2.79. The predicted molar refractivity (Wildman–Crippen MR) is 29.3 cm³/mol. The van der Waals surface area contributed by atoms with Gasteiger partial charge in [0.05, 0.1) is 0 Å². The molecule has 0 spiro atoms. The van der Waals surface area contributed by atoms with Crippen LogP contribution in [-0.2, 0) is 0 Å². The van der Waals surface area contributed by atoms with Crippen LogP contribution < -0.4 is 0 Å². The molecule has 0 fully saturated rings. The summed E-state index contributed by atoms with van der Waals surface area (Å²) in [6.45, 7) is 0. The van der Waals surface area contributed by atoms with Crippen LogP contribution in [0.4, 0.5) is 0 Å². The first-order valence-corrected chi connectivity index (χ1v) is 0. The van der Waals surface area contributed by atoms with E-state index in [1.54, 1.807) is 0 Å². The third-order valence-electron chi connectivity index (χ3n) is 0. The first kappa shape index (κ1) is 28.6. The van der Waals surface area contributed by atoms with E-state index in [2.05, 4.69) is 0 Å². The number of hydrogen-bond donors (Lipinski definition) is 0. The first-order chi connectivity index (χ1) is 0. The molecule has 0 radical (unpaired) electrons. The fourth-order valence-corrected chi connectivity index (χ4v) is 0. The second kappa shape index (κ2) is 16.9. The van der Waals surface area contributed by atoms with Crippen molar-refractivity contribution in [2.45, 2.75) is 0 Å². The fraction of sp³-hybridized carbons (Fsp3) is 0. The first-order valence-electron chi connectivity index (χ1n) is 0. The van der Waals surface area contributed by atoms with Crippen LogP contribution >= 0.6 is 0 Å². The maximum atomic E-state index is 0. The van der Waals surface area contributed by atoms with Crippen molar-refractivity contribution >= 4 is 51.4 Å². The van der Waals surface area contributed by atoms with Crippen LogP contribution in [-0.4, -0.2) is 51.4 Å². The summed E-state index contributed by atoms with van der Waals surface area (Å²) in [4.78, 5) is 0. The van der Waals surface area contributed by atoms with Gasteiger partial charge in [-0.25, -0.2) is 0 Å². The molecule has 0 bridgehead atoms. The summed E-state index contributed by atoms with van der Waals surface area (Å²) in [5.74, 6) is 0. The van der Waals surface area contributed by atoms with Gasteiger partial charge in [-0.05, 0) is 11.0 Å². The van der Waals surface area contributed by atoms with Crippen LogP contribution in [0.1, 0.15) is 2.85 Å². The maximum absolute atomic E-state index is 0. The van der Waals surface area contributed by atoms with Crippen molar-refractivity contribution in [1.29, 1.82) is 0 Å². The zero-order valence-electron chi connectivity index (χ0n) is 3.21. The quantitative estimate of drug-likeness (QED) is 0.393. The van der Waals surface area contributed by atoms with E-state index in [0.29, 0.717) is 0 Å². The molecule has 0 aromatic rings. The Kier molecular flexibility index (Phi) is 121. The van der Waals surface area contributed by atoms with Crippen molar-refractivity contribution in [3.63, 3.8) is 0 Å². The van der Waals surface area contributed by atoms with Gasteiger partial charge >= 0.3 is 23.1 Å². The van der Waals surface area contributed by atoms with Crippen molar-refractivity contribution in [3.05, 3.63) is 0 Å². The van der Waals surface area contributed by atoms with Crippen LogP contribution in [0.2, 0.25) is 0 Å². The second-order valence-corrected chi connectivity index (χ2v) is 0. The van der Waals surface area contributed by atoms with E-state index in [1.807, 2.05) is 0 Å². The Bertz CT molecular complexity index is 13.5. The topological polar surface area (TPSA) is 0 Å². The van der Waals surface area contributed by atoms with Crippen molar-refractivity contribution in [2.24, 2.45) is 0 Å². The summed E-state index contributed by atoms with van der Waals surface area (Å²) in [6, 6.07) is 0. The molecule has 0 atom stereocenters. The van der Waals surface area contributed by atoms with Crippen molar-refractivity contribution in [3.8, 4) is 0 Å². The molecule has 0 aliphatic heterocycles. The molecule has 0 heterocycles. The van der Waals surface area contributed by atoms with Crippen molar-refractivity contribution in [1.82, 2.24) is 0 Å². The largest absolute Gasteiger partial charge is 2.00 e. The van der Waals surface area contributed by atoms with Crippen LogP contribution in [0.3, 0.4) is 0 Å². The van der Waals surface area contributed by atoms with Gasteiger partial charge in [-0.3, -0.25) is 0 Å². The van der Waals surface area contributed by atoms with Gasteiger partial charge in [-0.1, -0.05) is 0 Å². The minimum Gasteiger partial charge on any atom is -1.00 e. The van der Waals surface area contributed by atoms with E-state index in [1.165, 1.54) is 0 Å². The SMILES string of the molecule is [AlH3].[Ce].[H-].[H-].[Mg+2].[SiH4]. The maximum Gasteiger partial charge on any atom is 2.00 e. The molecule has 0 nitrogen and oxygen atoms in total. The molecule has 0 saturated heterocycles. The molecule has 0 aromatic heterocycles. The molecule has 0 aromatic carbocycles. The van der Waals surface area contributed by atoms with Gasteiger partial charge in [-0.15, -0.1) is 0 Å². The molecular formula is H9AlCeMgSi. The molecular weight excluding hydrogens is 219 g/mol. The van der Waals surface area contributed by atoms with Gasteiger partial charge in [-0.2, -0.15) is 0 Å². The molecule has 0 rings (SSSR count). The molecule has 0 saturated carbocycles. The van der Waals surface area contributed by atoms with Crippen LogP contribution in [0.5, 0.6) is 0 Å². The average molecular weight is 229 g/mol. The van der Waals surface area contributed by atoms with E-state index in [-0.39, 0.29) is 96.0 Å². The smallest absolute Gasteiger partial charge is 1.00 e. The summed E-state index contributed by atoms with van der Waals surface area (Å²) < 4.78 is 0. The molecule has 0 N–H and O–H groups in total. The third-order valence-corrected chi connectivity index (χ3v) is 0. The van der Waals surface area contributed by atoms with E-state index in [4.69, 9.17) is 0 Å². The Morgan fingerprint density at radius 3 is 1.25 bits per heavy atom. The van der Waals surface area contributed by atoms with Crippen LogP contribution in [0.15, 0.2) is 0 Å². The normalized spacial score (nSPS) is 0. The number of rotatable bonds is 0. The zero-order chi connectivity index (χ0) is 0. The Balaban J connectivity index is 0. The molecule has 0 unspecified atom stereocenters. The van der Waals surface area contributed by atoms with Crippen molar-refractivity contribution in [2.75, 3.05) is 0 Å². The molecule has 0 aliphatic carbocycles. The summed E-state index contributed by atoms with van der Waals surface area (Å²) in [5.41, 5.74) is 0. The standard InChI is InChI=1S/Al.Ce.Mg.H4Si.5H/h;;;1H4;;;;;/q;;+2;;;;;2*-1. The van der Waals surface area contributed by atoms with Gasteiger partial charge < -0.3 is 2.85 Å². The molecule has 4 heteroatoms. The molecule has 0 amide bonds. The number of hydrogen-bond acceptors (Lipinski definition) is 0. The average Bonchev–Trinajstić information content (AvgIpc) is 0. The van der Waals surface area contributed by atoms with Crippen LogP contribution in [0, 0.1) is 41.7 Å². The van der Waals surface area contributed by atoms with Gasteiger partial charge in [0, 0.05) is 41.7 Å². The molecule has 22 valence electrons. The second-order valence-electron chi connectivity index (χ2n) is 0.